The first-order chi connectivity index (χ1) is 13.3. The maximum absolute atomic E-state index is 11.6. The first kappa shape index (κ1) is 23.9. The summed E-state index contributed by atoms with van der Waals surface area (Å²) in [5.74, 6) is 0. The molecule has 0 bridgehead atoms. The molecule has 0 fully saturated rings. The summed E-state index contributed by atoms with van der Waals surface area (Å²) in [6.45, 7) is 3.03. The average molecular weight is 396 g/mol. The van der Waals surface area contributed by atoms with Gasteiger partial charge in [-0.2, -0.15) is 0 Å². The number of urea groups is 1. The van der Waals surface area contributed by atoms with Gasteiger partial charge in [-0.3, -0.25) is 5.32 Å². The number of hydrogen-bond donors (Lipinski definition) is 2. The van der Waals surface area contributed by atoms with Gasteiger partial charge in [0.1, 0.15) is 0 Å². The molecule has 1 rings (SSSR count). The van der Waals surface area contributed by atoms with E-state index in [1.165, 1.54) is 108 Å². The van der Waals surface area contributed by atoms with Gasteiger partial charge in [-0.1, -0.05) is 103 Å². The van der Waals surface area contributed by atoms with E-state index in [1.54, 1.807) is 6.20 Å². The van der Waals surface area contributed by atoms with Gasteiger partial charge in [-0.25, -0.2) is 9.78 Å². The lowest BCUT2D eigenvalue weighted by molar-refractivity contribution is 0.252. The third-order valence-electron chi connectivity index (χ3n) is 4.97. The number of anilines is 1. The number of nitrogens with one attached hydrogen (secondary N) is 2. The van der Waals surface area contributed by atoms with Gasteiger partial charge in [0.05, 0.1) is 0 Å². The Morgan fingerprint density at radius 1 is 0.815 bits per heavy atom. The molecular formula is C22H41N3OS. The van der Waals surface area contributed by atoms with Crippen molar-refractivity contribution in [2.24, 2.45) is 0 Å². The normalized spacial score (nSPS) is 10.9. The van der Waals surface area contributed by atoms with Crippen molar-refractivity contribution in [3.63, 3.8) is 0 Å². The molecule has 0 atom stereocenters. The molecule has 0 saturated carbocycles. The molecule has 0 radical (unpaired) electrons. The van der Waals surface area contributed by atoms with Gasteiger partial charge >= 0.3 is 6.03 Å². The van der Waals surface area contributed by atoms with Gasteiger partial charge in [0.25, 0.3) is 0 Å². The number of aromatic nitrogens is 1. The topological polar surface area (TPSA) is 54.0 Å². The molecule has 0 aliphatic carbocycles. The van der Waals surface area contributed by atoms with E-state index >= 15 is 0 Å². The van der Waals surface area contributed by atoms with E-state index in [9.17, 15) is 4.79 Å². The molecule has 1 aromatic rings. The molecule has 0 aliphatic heterocycles. The van der Waals surface area contributed by atoms with Crippen molar-refractivity contribution in [2.45, 2.75) is 110 Å². The number of rotatable bonds is 18. The summed E-state index contributed by atoms with van der Waals surface area (Å²) < 4.78 is 0. The Hall–Kier alpha value is -1.10. The zero-order valence-electron chi connectivity index (χ0n) is 17.4. The third-order valence-corrected chi connectivity index (χ3v) is 5.66. The predicted molar refractivity (Wildman–Crippen MR) is 119 cm³/mol. The molecular weight excluding hydrogens is 354 g/mol. The van der Waals surface area contributed by atoms with E-state index in [1.807, 2.05) is 5.38 Å². The Balaban J connectivity index is 1.71. The van der Waals surface area contributed by atoms with Crippen LogP contribution in [0.25, 0.3) is 0 Å². The molecule has 0 spiro atoms. The quantitative estimate of drug-likeness (QED) is 0.252. The number of amides is 2. The summed E-state index contributed by atoms with van der Waals surface area (Å²) in [6.07, 6.45) is 23.6. The van der Waals surface area contributed by atoms with Crippen LogP contribution >= 0.6 is 11.3 Å². The first-order valence-electron chi connectivity index (χ1n) is 11.3. The largest absolute Gasteiger partial charge is 0.338 e. The van der Waals surface area contributed by atoms with E-state index in [0.717, 1.165) is 13.0 Å². The zero-order chi connectivity index (χ0) is 19.4. The molecule has 2 N–H and O–H groups in total. The molecule has 1 aromatic heterocycles. The van der Waals surface area contributed by atoms with E-state index in [0.29, 0.717) is 5.13 Å². The molecule has 2 amide bonds. The highest BCUT2D eigenvalue weighted by atomic mass is 32.1. The number of nitrogens with zero attached hydrogens (tertiary/aromatic N) is 1. The highest BCUT2D eigenvalue weighted by molar-refractivity contribution is 7.13. The fraction of sp³-hybridized carbons (Fsp3) is 0.818. The molecule has 0 unspecified atom stereocenters. The molecule has 0 aliphatic rings. The molecule has 5 heteroatoms. The second-order valence-electron chi connectivity index (χ2n) is 7.52. The monoisotopic (exact) mass is 395 g/mol. The van der Waals surface area contributed by atoms with Crippen LogP contribution in [-0.4, -0.2) is 17.6 Å². The van der Waals surface area contributed by atoms with Crippen molar-refractivity contribution < 1.29 is 4.79 Å². The van der Waals surface area contributed by atoms with Crippen LogP contribution in [-0.2, 0) is 0 Å². The number of hydrogen-bond acceptors (Lipinski definition) is 3. The maximum atomic E-state index is 11.6. The van der Waals surface area contributed by atoms with Crippen LogP contribution in [0.15, 0.2) is 11.6 Å². The minimum atomic E-state index is -0.147. The summed E-state index contributed by atoms with van der Waals surface area (Å²) in [5.41, 5.74) is 0. The van der Waals surface area contributed by atoms with Crippen molar-refractivity contribution in [3.05, 3.63) is 11.6 Å². The van der Waals surface area contributed by atoms with Crippen LogP contribution in [0.1, 0.15) is 110 Å². The fourth-order valence-corrected chi connectivity index (χ4v) is 3.83. The number of carbonyl (C=O) groups excluding carboxylic acids is 1. The van der Waals surface area contributed by atoms with Gasteiger partial charge < -0.3 is 5.32 Å². The second-order valence-corrected chi connectivity index (χ2v) is 8.42. The summed E-state index contributed by atoms with van der Waals surface area (Å²) in [5, 5.41) is 8.13. The minimum Gasteiger partial charge on any atom is -0.338 e. The van der Waals surface area contributed by atoms with Crippen LogP contribution in [0.2, 0.25) is 0 Å². The third kappa shape index (κ3) is 15.6. The average Bonchev–Trinajstić information content (AvgIpc) is 3.17. The van der Waals surface area contributed by atoms with Crippen molar-refractivity contribution in [2.75, 3.05) is 11.9 Å². The number of unbranched alkanes of at least 4 members (excludes halogenated alkanes) is 15. The van der Waals surface area contributed by atoms with Crippen molar-refractivity contribution in [3.8, 4) is 0 Å². The van der Waals surface area contributed by atoms with Crippen LogP contribution in [0.5, 0.6) is 0 Å². The van der Waals surface area contributed by atoms with Gasteiger partial charge in [0.15, 0.2) is 5.13 Å². The molecule has 0 saturated heterocycles. The van der Waals surface area contributed by atoms with Crippen molar-refractivity contribution in [1.29, 1.82) is 0 Å². The van der Waals surface area contributed by atoms with E-state index in [2.05, 4.69) is 22.5 Å². The Morgan fingerprint density at radius 3 is 1.74 bits per heavy atom. The fourth-order valence-electron chi connectivity index (χ4n) is 3.30. The molecule has 0 aromatic carbocycles. The lowest BCUT2D eigenvalue weighted by atomic mass is 10.0. The van der Waals surface area contributed by atoms with Crippen molar-refractivity contribution >= 4 is 22.5 Å². The molecule has 1 heterocycles. The van der Waals surface area contributed by atoms with Gasteiger partial charge in [0, 0.05) is 18.1 Å². The standard InChI is InChI=1S/C22H41N3OS/c1-2-3-4-5-6-7-8-9-10-11-12-13-14-15-16-17-18-23-21(26)25-22-24-19-20-27-22/h19-20H,2-18H2,1H3,(H2,23,24,25,26). The van der Waals surface area contributed by atoms with Gasteiger partial charge in [-0.15, -0.1) is 11.3 Å². The predicted octanol–water partition coefficient (Wildman–Crippen LogP) is 7.53. The number of carbonyl (C=O) groups is 1. The Kier molecular flexibility index (Phi) is 16.2. The molecule has 4 nitrogen and oxygen atoms in total. The lowest BCUT2D eigenvalue weighted by Gasteiger charge is -2.05. The summed E-state index contributed by atoms with van der Waals surface area (Å²) >= 11 is 1.43. The smallest absolute Gasteiger partial charge is 0.321 e. The Morgan fingerprint density at radius 2 is 1.30 bits per heavy atom. The molecule has 27 heavy (non-hydrogen) atoms. The highest BCUT2D eigenvalue weighted by Gasteiger charge is 2.02. The zero-order valence-corrected chi connectivity index (χ0v) is 18.3. The van der Waals surface area contributed by atoms with Crippen LogP contribution in [0, 0.1) is 0 Å². The number of thiazole rings is 1. The summed E-state index contributed by atoms with van der Waals surface area (Å²) in [6, 6.07) is -0.147. The second kappa shape index (κ2) is 18.3. The van der Waals surface area contributed by atoms with Gasteiger partial charge in [0.2, 0.25) is 0 Å². The van der Waals surface area contributed by atoms with Crippen LogP contribution < -0.4 is 10.6 Å². The van der Waals surface area contributed by atoms with E-state index in [-0.39, 0.29) is 6.03 Å². The Labute approximate surface area is 170 Å². The van der Waals surface area contributed by atoms with E-state index in [4.69, 9.17) is 0 Å². The lowest BCUT2D eigenvalue weighted by Crippen LogP contribution is -2.29. The van der Waals surface area contributed by atoms with E-state index < -0.39 is 0 Å². The van der Waals surface area contributed by atoms with Crippen LogP contribution in [0.4, 0.5) is 9.93 Å². The summed E-state index contributed by atoms with van der Waals surface area (Å²) in [7, 11) is 0. The summed E-state index contributed by atoms with van der Waals surface area (Å²) in [4.78, 5) is 15.6. The Bertz CT molecular complexity index is 437. The van der Waals surface area contributed by atoms with Gasteiger partial charge in [-0.05, 0) is 6.42 Å². The SMILES string of the molecule is CCCCCCCCCCCCCCCCCCNC(=O)Nc1nccs1. The highest BCUT2D eigenvalue weighted by Crippen LogP contribution is 2.13. The molecule has 156 valence electrons. The first-order valence-corrected chi connectivity index (χ1v) is 12.1. The minimum absolute atomic E-state index is 0.147. The van der Waals surface area contributed by atoms with Crippen LogP contribution in [0.3, 0.4) is 0 Å². The maximum Gasteiger partial charge on any atom is 0.321 e. The van der Waals surface area contributed by atoms with Crippen molar-refractivity contribution in [1.82, 2.24) is 10.3 Å².